The average Bonchev–Trinajstić information content (AvgIpc) is 3.15. The molecular weight excluding hydrogens is 1140 g/mol. The average molecular weight is 1160 g/mol. The Balaban J connectivity index is 0. The molecule has 4 rings (SSSR count). The molecule has 0 fully saturated rings. The standard InChI is InChI=1S/4C8H6O7S.2Zr/c4*9-7(10)4-2-1-3-5(16(13,14)15)6(4)8(11)12;;/h4*1-3H,(H,9,10)(H,11,12)(H,13,14,15);;/q;;;;2*+4/p-8. The molecule has 0 aliphatic heterocycles. The van der Waals surface area contributed by atoms with E-state index >= 15 is 0 Å². The molecule has 0 atom stereocenters. The Kier molecular flexibility index (Phi) is 23.1. The predicted molar refractivity (Wildman–Crippen MR) is 180 cm³/mol. The molecule has 4 N–H and O–H groups in total. The van der Waals surface area contributed by atoms with Crippen molar-refractivity contribution in [2.75, 3.05) is 0 Å². The monoisotopic (exact) mass is 1160 g/mol. The van der Waals surface area contributed by atoms with Gasteiger partial charge in [0.1, 0.15) is 19.6 Å². The van der Waals surface area contributed by atoms with Gasteiger partial charge in [-0.15, -0.1) is 0 Å². The van der Waals surface area contributed by atoms with E-state index in [1.807, 2.05) is 0 Å². The summed E-state index contributed by atoms with van der Waals surface area (Å²) >= 11 is 0. The smallest absolute Gasteiger partial charge is 0.545 e. The van der Waals surface area contributed by atoms with E-state index < -0.39 is 152 Å². The van der Waals surface area contributed by atoms with Crippen molar-refractivity contribution in [1.82, 2.24) is 0 Å². The quantitative estimate of drug-likeness (QED) is 0.0957. The Morgan fingerprint density at radius 2 is 0.424 bits per heavy atom. The minimum absolute atomic E-state index is 0. The zero-order valence-corrected chi connectivity index (χ0v) is 39.3. The third-order valence-corrected chi connectivity index (χ3v) is 10.5. The van der Waals surface area contributed by atoms with Crippen molar-refractivity contribution in [3.8, 4) is 0 Å². The molecule has 0 spiro atoms. The third kappa shape index (κ3) is 16.8. The van der Waals surface area contributed by atoms with Crippen LogP contribution in [0.5, 0.6) is 0 Å². The molecule has 0 heterocycles. The van der Waals surface area contributed by atoms with Gasteiger partial charge in [-0.1, -0.05) is 48.5 Å². The zero-order valence-electron chi connectivity index (χ0n) is 31.1. The first-order chi connectivity index (χ1) is 29.0. The van der Waals surface area contributed by atoms with Crippen LogP contribution in [0, 0.1) is 0 Å². The van der Waals surface area contributed by atoms with Crippen molar-refractivity contribution < 1.29 is 183 Å². The van der Waals surface area contributed by atoms with Crippen LogP contribution in [-0.2, 0) is 92.9 Å². The molecular formula is C32H16O28S4Zr2. The van der Waals surface area contributed by atoms with Gasteiger partial charge < -0.3 is 79.2 Å². The van der Waals surface area contributed by atoms with Crippen molar-refractivity contribution >= 4 is 88.2 Å². The first-order valence-electron chi connectivity index (χ1n) is 15.1. The fourth-order valence-corrected chi connectivity index (χ4v) is 7.31. The van der Waals surface area contributed by atoms with Crippen LogP contribution in [0.4, 0.5) is 0 Å². The summed E-state index contributed by atoms with van der Waals surface area (Å²) in [5.41, 5.74) is -8.06. The van der Waals surface area contributed by atoms with Gasteiger partial charge in [-0.3, -0.25) is 18.2 Å². The maximum atomic E-state index is 10.8. The number of hydrogen-bond donors (Lipinski definition) is 4. The number of carboxylic acid groups (broad SMARTS) is 8. The van der Waals surface area contributed by atoms with Crippen LogP contribution in [0.2, 0.25) is 0 Å². The Bertz CT molecular complexity index is 2660. The molecule has 0 aliphatic rings. The number of hydrogen-bond acceptors (Lipinski definition) is 24. The summed E-state index contributed by atoms with van der Waals surface area (Å²) < 4.78 is 121. The van der Waals surface area contributed by atoms with Gasteiger partial charge in [0.15, 0.2) is 0 Å². The van der Waals surface area contributed by atoms with E-state index in [2.05, 4.69) is 0 Å². The number of aromatic carboxylic acids is 8. The molecule has 34 heteroatoms. The molecule has 4 aromatic carbocycles. The van der Waals surface area contributed by atoms with Crippen LogP contribution in [0.15, 0.2) is 92.4 Å². The Hall–Kier alpha value is -5.95. The molecule has 0 radical (unpaired) electrons. The van der Waals surface area contributed by atoms with Gasteiger partial charge in [0.2, 0.25) is 0 Å². The summed E-state index contributed by atoms with van der Waals surface area (Å²) in [7, 11) is -19.4. The van der Waals surface area contributed by atoms with Crippen LogP contribution in [0.25, 0.3) is 0 Å². The van der Waals surface area contributed by atoms with Crippen LogP contribution in [-0.4, -0.2) is 99.6 Å². The van der Waals surface area contributed by atoms with E-state index in [0.717, 1.165) is 72.8 Å². The molecule has 0 bridgehead atoms. The maximum Gasteiger partial charge on any atom is 4.00 e. The van der Waals surface area contributed by atoms with Gasteiger partial charge in [0.05, 0.1) is 47.8 Å². The van der Waals surface area contributed by atoms with E-state index in [4.69, 9.17) is 18.2 Å². The number of carboxylic acids is 8. The fraction of sp³-hybridized carbons (Fsp3) is 0. The molecule has 0 saturated heterocycles. The Morgan fingerprint density at radius 1 is 0.288 bits per heavy atom. The summed E-state index contributed by atoms with van der Waals surface area (Å²) in [6.45, 7) is 0. The molecule has 344 valence electrons. The second kappa shape index (κ2) is 24.5. The van der Waals surface area contributed by atoms with Crippen molar-refractivity contribution in [3.63, 3.8) is 0 Å². The van der Waals surface area contributed by atoms with Crippen molar-refractivity contribution in [2.24, 2.45) is 0 Å². The van der Waals surface area contributed by atoms with Gasteiger partial charge in [-0.05, 0) is 24.3 Å². The van der Waals surface area contributed by atoms with E-state index in [1.54, 1.807) is 0 Å². The van der Waals surface area contributed by atoms with Crippen molar-refractivity contribution in [3.05, 3.63) is 117 Å². The van der Waals surface area contributed by atoms with Crippen LogP contribution >= 0.6 is 0 Å². The van der Waals surface area contributed by atoms with Gasteiger partial charge in [0, 0.05) is 44.5 Å². The SMILES string of the molecule is O=C([O-])c1cccc(S(=O)(=O)O)c1C(=O)[O-].O=C([O-])c1cccc(S(=O)(=O)O)c1C(=O)[O-].O=C([O-])c1cccc(S(=O)(=O)O)c1C(=O)[O-].O=C([O-])c1cccc(S(=O)(=O)O)c1C(=O)[O-].[Zr+4].[Zr+4]. The molecule has 0 saturated carbocycles. The van der Waals surface area contributed by atoms with E-state index in [9.17, 15) is 113 Å². The molecule has 0 amide bonds. The molecule has 66 heavy (non-hydrogen) atoms. The van der Waals surface area contributed by atoms with E-state index in [0.29, 0.717) is 0 Å². The van der Waals surface area contributed by atoms with E-state index in [1.165, 1.54) is 0 Å². The minimum atomic E-state index is -4.85. The molecule has 0 aliphatic carbocycles. The summed E-state index contributed by atoms with van der Waals surface area (Å²) in [4.78, 5) is 80.4. The number of rotatable bonds is 12. The van der Waals surface area contributed by atoms with Gasteiger partial charge >= 0.3 is 52.4 Å². The van der Waals surface area contributed by atoms with Crippen molar-refractivity contribution in [2.45, 2.75) is 19.6 Å². The summed E-state index contributed by atoms with van der Waals surface area (Å²) in [5, 5.41) is 84.6. The second-order valence-corrected chi connectivity index (χ2v) is 16.5. The van der Waals surface area contributed by atoms with E-state index in [-0.39, 0.29) is 52.4 Å². The van der Waals surface area contributed by atoms with Gasteiger partial charge in [-0.2, -0.15) is 33.7 Å². The molecule has 0 unspecified atom stereocenters. The molecule has 0 aromatic heterocycles. The van der Waals surface area contributed by atoms with Gasteiger partial charge in [-0.25, -0.2) is 0 Å². The van der Waals surface area contributed by atoms with Gasteiger partial charge in [0.25, 0.3) is 40.5 Å². The van der Waals surface area contributed by atoms with Crippen LogP contribution < -0.4 is 40.9 Å². The Morgan fingerprint density at radius 3 is 0.515 bits per heavy atom. The van der Waals surface area contributed by atoms with Crippen molar-refractivity contribution in [1.29, 1.82) is 0 Å². The summed E-state index contributed by atoms with van der Waals surface area (Å²) in [6, 6.07) is 10.1. The first kappa shape index (κ1) is 62.1. The Labute approximate surface area is 405 Å². The number of carbonyl (C=O) groups is 8. The predicted octanol–water partition coefficient (Wildman–Crippen LogP) is -9.36. The van der Waals surface area contributed by atoms with Crippen LogP contribution in [0.1, 0.15) is 82.9 Å². The normalized spacial score (nSPS) is 10.7. The zero-order chi connectivity index (χ0) is 50.0. The maximum absolute atomic E-state index is 10.8. The summed E-state index contributed by atoms with van der Waals surface area (Å²) in [5.74, 6) is -15.7. The number of benzene rings is 4. The first-order valence-corrected chi connectivity index (χ1v) is 20.9. The van der Waals surface area contributed by atoms with Crippen LogP contribution in [0.3, 0.4) is 0 Å². The largest absolute Gasteiger partial charge is 4.00 e. The minimum Gasteiger partial charge on any atom is -0.545 e. The second-order valence-electron chi connectivity index (χ2n) is 10.9. The summed E-state index contributed by atoms with van der Waals surface area (Å²) in [6.07, 6.45) is 0. The topological polar surface area (TPSA) is 539 Å². The molecule has 28 nitrogen and oxygen atoms in total. The number of carbonyl (C=O) groups excluding carboxylic acids is 8. The third-order valence-electron chi connectivity index (χ3n) is 6.91. The fourth-order valence-electron chi connectivity index (χ4n) is 4.51. The molecule has 4 aromatic rings.